The minimum atomic E-state index is -3.52. The predicted molar refractivity (Wildman–Crippen MR) is 141 cm³/mol. The number of amides is 1. The molecule has 0 atom stereocenters. The van der Waals surface area contributed by atoms with E-state index in [4.69, 9.17) is 4.74 Å². The molecular weight excluding hydrogens is 518 g/mol. The maximum absolute atomic E-state index is 13.1. The lowest BCUT2D eigenvalue weighted by Crippen LogP contribution is -2.40. The molecule has 0 radical (unpaired) electrons. The van der Waals surface area contributed by atoms with Crippen molar-refractivity contribution in [2.75, 3.05) is 19.7 Å². The van der Waals surface area contributed by atoms with Gasteiger partial charge in [0.1, 0.15) is 10.8 Å². The van der Waals surface area contributed by atoms with Gasteiger partial charge in [-0.05, 0) is 61.7 Å². The van der Waals surface area contributed by atoms with Gasteiger partial charge in [0.25, 0.3) is 15.9 Å². The molecule has 3 heterocycles. The van der Waals surface area contributed by atoms with Gasteiger partial charge in [0.2, 0.25) is 0 Å². The van der Waals surface area contributed by atoms with Crippen molar-refractivity contribution in [1.29, 1.82) is 0 Å². The fourth-order valence-corrected chi connectivity index (χ4v) is 8.01. The third-order valence-electron chi connectivity index (χ3n) is 6.26. The summed E-state index contributed by atoms with van der Waals surface area (Å²) in [6.07, 6.45) is 4.00. The summed E-state index contributed by atoms with van der Waals surface area (Å²) in [4.78, 5) is 30.3. The van der Waals surface area contributed by atoms with Crippen molar-refractivity contribution >= 4 is 54.8 Å². The van der Waals surface area contributed by atoms with Crippen LogP contribution in [0.2, 0.25) is 0 Å². The number of hydrogen-bond donors (Lipinski definition) is 0. The van der Waals surface area contributed by atoms with E-state index in [0.29, 0.717) is 21.9 Å². The smallest absolute Gasteiger partial charge is 0.326 e. The van der Waals surface area contributed by atoms with Crippen molar-refractivity contribution in [2.45, 2.75) is 56.7 Å². The van der Waals surface area contributed by atoms with E-state index in [9.17, 15) is 18.0 Å². The molecule has 1 aliphatic rings. The number of sulfonamides is 1. The monoisotopic (exact) mass is 549 g/mol. The summed E-state index contributed by atoms with van der Waals surface area (Å²) in [7, 11) is -3.52. The number of hydrogen-bond acceptors (Lipinski definition) is 7. The topological polar surface area (TPSA) is 98.0 Å². The molecule has 0 spiro atoms. The highest BCUT2D eigenvalue weighted by molar-refractivity contribution is 7.91. The van der Waals surface area contributed by atoms with Crippen LogP contribution in [0.1, 0.15) is 45.1 Å². The highest BCUT2D eigenvalue weighted by Crippen LogP contribution is 2.27. The van der Waals surface area contributed by atoms with Crippen LogP contribution in [0.15, 0.2) is 44.9 Å². The molecule has 11 heteroatoms. The van der Waals surface area contributed by atoms with Gasteiger partial charge in [-0.15, -0.1) is 11.3 Å². The van der Waals surface area contributed by atoms with Crippen molar-refractivity contribution in [3.63, 3.8) is 0 Å². The molecule has 1 fully saturated rings. The first kappa shape index (κ1) is 26.7. The molecule has 36 heavy (non-hydrogen) atoms. The van der Waals surface area contributed by atoms with Gasteiger partial charge in [0.15, 0.2) is 4.80 Å². The van der Waals surface area contributed by atoms with E-state index in [2.05, 4.69) is 24.0 Å². The molecular formula is C25H31N3O5S3. The highest BCUT2D eigenvalue weighted by Gasteiger charge is 2.32. The molecule has 0 saturated carbocycles. The number of benzene rings is 1. The Balaban J connectivity index is 1.57. The number of aryl methyl sites for hydroxylation is 1. The van der Waals surface area contributed by atoms with Crippen molar-refractivity contribution < 1.29 is 22.7 Å². The van der Waals surface area contributed by atoms with Crippen LogP contribution in [0.25, 0.3) is 10.2 Å². The third kappa shape index (κ3) is 5.96. The van der Waals surface area contributed by atoms with E-state index in [1.54, 1.807) is 29.0 Å². The zero-order chi connectivity index (χ0) is 25.7. The van der Waals surface area contributed by atoms with Crippen LogP contribution < -0.4 is 4.80 Å². The number of esters is 1. The Morgan fingerprint density at radius 1 is 1.17 bits per heavy atom. The Kier molecular flexibility index (Phi) is 8.76. The summed E-state index contributed by atoms with van der Waals surface area (Å²) in [5.74, 6) is -1.02. The van der Waals surface area contributed by atoms with E-state index < -0.39 is 10.0 Å². The van der Waals surface area contributed by atoms with Gasteiger partial charge in [-0.2, -0.15) is 9.30 Å². The van der Waals surface area contributed by atoms with E-state index in [1.165, 1.54) is 32.5 Å². The summed E-state index contributed by atoms with van der Waals surface area (Å²) >= 11 is 2.58. The molecule has 0 unspecified atom stereocenters. The van der Waals surface area contributed by atoms with Crippen LogP contribution in [-0.4, -0.2) is 48.9 Å². The van der Waals surface area contributed by atoms with Crippen LogP contribution in [0, 0.1) is 5.92 Å². The van der Waals surface area contributed by atoms with Crippen LogP contribution in [-0.2, 0) is 37.3 Å². The SMILES string of the molecule is CCCCc1ccc2c(c1)sc(=NC(=O)C1CCN(S(=O)(=O)c3cccs3)CC1)n2CC(=O)OCC. The quantitative estimate of drug-likeness (QED) is 0.373. The molecule has 0 bridgehead atoms. The third-order valence-corrected chi connectivity index (χ3v) is 10.6. The summed E-state index contributed by atoms with van der Waals surface area (Å²) in [6, 6.07) is 9.46. The molecule has 2 aromatic heterocycles. The molecule has 194 valence electrons. The standard InChI is InChI=1S/C25H31N3O5S3/c1-3-5-7-18-9-10-20-21(16-18)35-25(28(20)17-22(29)33-4-2)26-24(30)19-11-13-27(14-12-19)36(31,32)23-8-6-15-34-23/h6,8-10,15-16,19H,3-5,7,11-14,17H2,1-2H3. The van der Waals surface area contributed by atoms with E-state index >= 15 is 0 Å². The number of nitrogens with zero attached hydrogens (tertiary/aromatic N) is 3. The molecule has 4 rings (SSSR count). The van der Waals surface area contributed by atoms with Crippen molar-refractivity contribution in [2.24, 2.45) is 10.9 Å². The van der Waals surface area contributed by atoms with Gasteiger partial charge in [0.05, 0.1) is 16.8 Å². The zero-order valence-corrected chi connectivity index (χ0v) is 23.0. The summed E-state index contributed by atoms with van der Waals surface area (Å²) in [5, 5.41) is 1.74. The van der Waals surface area contributed by atoms with Gasteiger partial charge in [-0.3, -0.25) is 9.59 Å². The lowest BCUT2D eigenvalue weighted by molar-refractivity contribution is -0.143. The van der Waals surface area contributed by atoms with Gasteiger partial charge < -0.3 is 9.30 Å². The number of fused-ring (bicyclic) bond motifs is 1. The maximum atomic E-state index is 13.1. The largest absolute Gasteiger partial charge is 0.465 e. The van der Waals surface area contributed by atoms with E-state index in [-0.39, 0.29) is 44.0 Å². The number of thiazole rings is 1. The lowest BCUT2D eigenvalue weighted by Gasteiger charge is -2.29. The van der Waals surface area contributed by atoms with Crippen LogP contribution >= 0.6 is 22.7 Å². The number of thiophene rings is 1. The number of ether oxygens (including phenoxy) is 1. The van der Waals surface area contributed by atoms with Crippen LogP contribution in [0.4, 0.5) is 0 Å². The Hall–Kier alpha value is -2.34. The maximum Gasteiger partial charge on any atom is 0.326 e. The second kappa shape index (κ2) is 11.8. The molecule has 0 N–H and O–H groups in total. The average Bonchev–Trinajstić information content (AvgIpc) is 3.52. The first-order valence-corrected chi connectivity index (χ1v) is 15.4. The minimum Gasteiger partial charge on any atom is -0.465 e. The van der Waals surface area contributed by atoms with E-state index in [0.717, 1.165) is 29.5 Å². The molecule has 0 aliphatic carbocycles. The second-order valence-corrected chi connectivity index (χ2v) is 12.9. The van der Waals surface area contributed by atoms with Gasteiger partial charge in [-0.25, -0.2) is 8.42 Å². The Morgan fingerprint density at radius 2 is 1.94 bits per heavy atom. The number of rotatable bonds is 9. The van der Waals surface area contributed by atoms with Crippen molar-refractivity contribution in [3.8, 4) is 0 Å². The van der Waals surface area contributed by atoms with Crippen LogP contribution in [0.3, 0.4) is 0 Å². The number of carbonyl (C=O) groups is 2. The fraction of sp³-hybridized carbons (Fsp3) is 0.480. The normalized spacial score (nSPS) is 16.0. The van der Waals surface area contributed by atoms with Crippen molar-refractivity contribution in [3.05, 3.63) is 46.1 Å². The molecule has 8 nitrogen and oxygen atoms in total. The predicted octanol–water partition coefficient (Wildman–Crippen LogP) is 4.20. The summed E-state index contributed by atoms with van der Waals surface area (Å²) in [6.45, 7) is 4.73. The lowest BCUT2D eigenvalue weighted by atomic mass is 9.98. The Morgan fingerprint density at radius 3 is 2.61 bits per heavy atom. The number of piperidine rings is 1. The molecule has 1 saturated heterocycles. The minimum absolute atomic E-state index is 0.0221. The number of carbonyl (C=O) groups excluding carboxylic acids is 2. The molecule has 1 aliphatic heterocycles. The highest BCUT2D eigenvalue weighted by atomic mass is 32.2. The second-order valence-electron chi connectivity index (χ2n) is 8.74. The summed E-state index contributed by atoms with van der Waals surface area (Å²) < 4.78 is 35.2. The molecule has 1 amide bonds. The van der Waals surface area contributed by atoms with Crippen molar-refractivity contribution in [1.82, 2.24) is 8.87 Å². The fourth-order valence-electron chi connectivity index (χ4n) is 4.29. The first-order chi connectivity index (χ1) is 17.3. The zero-order valence-electron chi connectivity index (χ0n) is 20.5. The Bertz CT molecular complexity index is 1380. The molecule has 1 aromatic carbocycles. The van der Waals surface area contributed by atoms with E-state index in [1.807, 2.05) is 6.07 Å². The Labute approximate surface area is 219 Å². The van der Waals surface area contributed by atoms with Gasteiger partial charge >= 0.3 is 5.97 Å². The molecule has 3 aromatic rings. The number of aromatic nitrogens is 1. The van der Waals surface area contributed by atoms with Gasteiger partial charge in [-0.1, -0.05) is 36.8 Å². The summed E-state index contributed by atoms with van der Waals surface area (Å²) in [5.41, 5.74) is 2.06. The van der Waals surface area contributed by atoms with Gasteiger partial charge in [0, 0.05) is 19.0 Å². The van der Waals surface area contributed by atoms with Crippen LogP contribution in [0.5, 0.6) is 0 Å². The average molecular weight is 550 g/mol. The number of unbranched alkanes of at least 4 members (excludes halogenated alkanes) is 1. The first-order valence-electron chi connectivity index (χ1n) is 12.2.